The first-order chi connectivity index (χ1) is 13.5. The Bertz CT molecular complexity index is 877. The van der Waals surface area contributed by atoms with Crippen LogP contribution in [0, 0.1) is 5.82 Å². The standard InChI is InChI=1S/C19H23ClFN3O3S/c20-18-14-17(2-3-19(18)21)28(25,26)24(15-16-4-6-22-7-5-16)9-1-8-23-10-12-27-13-11-23/h2-7,14H,1,8-13,15H2. The highest BCUT2D eigenvalue weighted by molar-refractivity contribution is 7.89. The zero-order valence-electron chi connectivity index (χ0n) is 15.4. The summed E-state index contributed by atoms with van der Waals surface area (Å²) in [7, 11) is -3.82. The average molecular weight is 428 g/mol. The highest BCUT2D eigenvalue weighted by atomic mass is 35.5. The second-order valence-corrected chi connectivity index (χ2v) is 8.92. The summed E-state index contributed by atoms with van der Waals surface area (Å²) in [6.07, 6.45) is 3.94. The van der Waals surface area contributed by atoms with Gasteiger partial charge < -0.3 is 4.74 Å². The number of hydrogen-bond donors (Lipinski definition) is 0. The van der Waals surface area contributed by atoms with Gasteiger partial charge in [0.2, 0.25) is 10.0 Å². The number of pyridine rings is 1. The Morgan fingerprint density at radius 3 is 2.57 bits per heavy atom. The van der Waals surface area contributed by atoms with E-state index in [9.17, 15) is 12.8 Å². The fraction of sp³-hybridized carbons (Fsp3) is 0.421. The van der Waals surface area contributed by atoms with Gasteiger partial charge in [-0.3, -0.25) is 9.88 Å². The predicted molar refractivity (Wildman–Crippen MR) is 105 cm³/mol. The maximum atomic E-state index is 13.5. The molecule has 28 heavy (non-hydrogen) atoms. The lowest BCUT2D eigenvalue weighted by Gasteiger charge is -2.28. The first-order valence-electron chi connectivity index (χ1n) is 9.11. The van der Waals surface area contributed by atoms with E-state index in [-0.39, 0.29) is 16.5 Å². The van der Waals surface area contributed by atoms with E-state index in [1.54, 1.807) is 24.5 Å². The number of halogens is 2. The first kappa shape index (κ1) is 21.1. The van der Waals surface area contributed by atoms with E-state index in [1.165, 1.54) is 10.4 Å². The van der Waals surface area contributed by atoms with E-state index < -0.39 is 15.8 Å². The third-order valence-electron chi connectivity index (χ3n) is 4.62. The van der Waals surface area contributed by atoms with Crippen molar-refractivity contribution in [1.82, 2.24) is 14.2 Å². The number of benzene rings is 1. The molecule has 0 amide bonds. The Kier molecular flexibility index (Phi) is 7.36. The van der Waals surface area contributed by atoms with E-state index in [0.29, 0.717) is 26.2 Å². The van der Waals surface area contributed by atoms with Crippen LogP contribution in [0.5, 0.6) is 0 Å². The number of ether oxygens (including phenoxy) is 1. The fourth-order valence-corrected chi connectivity index (χ4v) is 4.80. The lowest BCUT2D eigenvalue weighted by molar-refractivity contribution is 0.0368. The predicted octanol–water partition coefficient (Wildman–Crippen LogP) is 2.79. The second-order valence-electron chi connectivity index (χ2n) is 6.58. The Hall–Kier alpha value is -1.58. The van der Waals surface area contributed by atoms with Crippen molar-refractivity contribution in [3.8, 4) is 0 Å². The van der Waals surface area contributed by atoms with E-state index in [4.69, 9.17) is 16.3 Å². The topological polar surface area (TPSA) is 62.7 Å². The zero-order chi connectivity index (χ0) is 20.0. The molecule has 1 aromatic carbocycles. The Morgan fingerprint density at radius 2 is 1.89 bits per heavy atom. The molecule has 0 aliphatic carbocycles. The van der Waals surface area contributed by atoms with E-state index >= 15 is 0 Å². The number of nitrogens with zero attached hydrogens (tertiary/aromatic N) is 3. The highest BCUT2D eigenvalue weighted by Crippen LogP contribution is 2.24. The summed E-state index contributed by atoms with van der Waals surface area (Å²) in [5.41, 5.74) is 0.832. The van der Waals surface area contributed by atoms with Gasteiger partial charge in [0.15, 0.2) is 0 Å². The average Bonchev–Trinajstić information content (AvgIpc) is 2.71. The van der Waals surface area contributed by atoms with Gasteiger partial charge in [-0.05, 0) is 48.9 Å². The van der Waals surface area contributed by atoms with E-state index in [2.05, 4.69) is 9.88 Å². The van der Waals surface area contributed by atoms with Crippen LogP contribution in [0.3, 0.4) is 0 Å². The Labute approximate surface area is 169 Å². The van der Waals surface area contributed by atoms with Gasteiger partial charge in [-0.1, -0.05) is 11.6 Å². The van der Waals surface area contributed by atoms with Crippen LogP contribution in [-0.2, 0) is 21.3 Å². The van der Waals surface area contributed by atoms with Crippen LogP contribution in [-0.4, -0.2) is 62.0 Å². The van der Waals surface area contributed by atoms with Crippen LogP contribution in [0.1, 0.15) is 12.0 Å². The molecule has 1 aromatic heterocycles. The van der Waals surface area contributed by atoms with Crippen LogP contribution in [0.15, 0.2) is 47.6 Å². The fourth-order valence-electron chi connectivity index (χ4n) is 3.06. The monoisotopic (exact) mass is 427 g/mol. The Morgan fingerprint density at radius 1 is 1.18 bits per heavy atom. The summed E-state index contributed by atoms with van der Waals surface area (Å²) in [5, 5.41) is -0.210. The summed E-state index contributed by atoms with van der Waals surface area (Å²) in [6, 6.07) is 7.05. The minimum Gasteiger partial charge on any atom is -0.379 e. The normalized spacial score (nSPS) is 15.8. The summed E-state index contributed by atoms with van der Waals surface area (Å²) >= 11 is 5.81. The van der Waals surface area contributed by atoms with Crippen molar-refractivity contribution in [3.05, 3.63) is 59.1 Å². The van der Waals surface area contributed by atoms with Gasteiger partial charge in [0, 0.05) is 38.6 Å². The SMILES string of the molecule is O=S(=O)(c1ccc(F)c(Cl)c1)N(CCCN1CCOCC1)Cc1ccncc1. The molecule has 0 bridgehead atoms. The molecule has 1 aliphatic heterocycles. The number of morpholine rings is 1. The molecular weight excluding hydrogens is 405 g/mol. The summed E-state index contributed by atoms with van der Waals surface area (Å²) < 4.78 is 46.6. The molecule has 0 spiro atoms. The van der Waals surface area contributed by atoms with Crippen LogP contribution in [0.4, 0.5) is 4.39 Å². The van der Waals surface area contributed by atoms with Crippen LogP contribution in [0.25, 0.3) is 0 Å². The van der Waals surface area contributed by atoms with Crippen LogP contribution < -0.4 is 0 Å². The molecule has 2 heterocycles. The molecule has 0 saturated carbocycles. The summed E-state index contributed by atoms with van der Waals surface area (Å²) in [4.78, 5) is 6.22. The van der Waals surface area contributed by atoms with Crippen molar-refractivity contribution in [2.45, 2.75) is 17.9 Å². The number of rotatable bonds is 8. The molecule has 0 radical (unpaired) electrons. The molecule has 152 valence electrons. The van der Waals surface area contributed by atoms with Crippen molar-refractivity contribution >= 4 is 21.6 Å². The molecule has 3 rings (SSSR count). The quantitative estimate of drug-likeness (QED) is 0.648. The van der Waals surface area contributed by atoms with Crippen LogP contribution >= 0.6 is 11.6 Å². The van der Waals surface area contributed by atoms with Crippen molar-refractivity contribution in [3.63, 3.8) is 0 Å². The maximum Gasteiger partial charge on any atom is 0.243 e. The third kappa shape index (κ3) is 5.48. The van der Waals surface area contributed by atoms with Gasteiger partial charge in [0.25, 0.3) is 0 Å². The van der Waals surface area contributed by atoms with Crippen LogP contribution in [0.2, 0.25) is 5.02 Å². The summed E-state index contributed by atoms with van der Waals surface area (Å²) in [5.74, 6) is -0.645. The number of hydrogen-bond acceptors (Lipinski definition) is 5. The lowest BCUT2D eigenvalue weighted by atomic mass is 10.2. The van der Waals surface area contributed by atoms with Gasteiger partial charge in [-0.25, -0.2) is 12.8 Å². The highest BCUT2D eigenvalue weighted by Gasteiger charge is 2.25. The molecule has 1 fully saturated rings. The van der Waals surface area contributed by atoms with Gasteiger partial charge in [0.05, 0.1) is 23.1 Å². The summed E-state index contributed by atoms with van der Waals surface area (Å²) in [6.45, 7) is 4.45. The van der Waals surface area contributed by atoms with Gasteiger partial charge in [-0.15, -0.1) is 0 Å². The minimum absolute atomic E-state index is 0.0145. The molecule has 0 atom stereocenters. The van der Waals surface area contributed by atoms with Gasteiger partial charge in [0.1, 0.15) is 5.82 Å². The third-order valence-corrected chi connectivity index (χ3v) is 6.75. The molecular formula is C19H23ClFN3O3S. The van der Waals surface area contributed by atoms with Gasteiger partial charge in [-0.2, -0.15) is 4.31 Å². The molecule has 1 saturated heterocycles. The molecule has 2 aromatic rings. The smallest absolute Gasteiger partial charge is 0.243 e. The Balaban J connectivity index is 1.76. The maximum absolute atomic E-state index is 13.5. The van der Waals surface area contributed by atoms with E-state index in [1.807, 2.05) is 0 Å². The van der Waals surface area contributed by atoms with Crippen molar-refractivity contribution < 1.29 is 17.5 Å². The molecule has 1 aliphatic rings. The first-order valence-corrected chi connectivity index (χ1v) is 10.9. The van der Waals surface area contributed by atoms with Crippen molar-refractivity contribution in [2.75, 3.05) is 39.4 Å². The number of aromatic nitrogens is 1. The molecule has 0 unspecified atom stereocenters. The minimum atomic E-state index is -3.82. The largest absolute Gasteiger partial charge is 0.379 e. The second kappa shape index (κ2) is 9.76. The van der Waals surface area contributed by atoms with E-state index in [0.717, 1.165) is 37.3 Å². The molecule has 0 N–H and O–H groups in total. The zero-order valence-corrected chi connectivity index (χ0v) is 17.0. The molecule has 9 heteroatoms. The molecule has 6 nitrogen and oxygen atoms in total. The lowest BCUT2D eigenvalue weighted by Crippen LogP contribution is -2.39. The van der Waals surface area contributed by atoms with Crippen molar-refractivity contribution in [1.29, 1.82) is 0 Å². The van der Waals surface area contributed by atoms with Crippen molar-refractivity contribution in [2.24, 2.45) is 0 Å². The number of sulfonamides is 1. The van der Waals surface area contributed by atoms with Gasteiger partial charge >= 0.3 is 0 Å².